The minimum absolute atomic E-state index is 0.211. The lowest BCUT2D eigenvalue weighted by Crippen LogP contribution is -2.33. The molecule has 0 aliphatic heterocycles. The number of nitrogens with one attached hydrogen (secondary N) is 1. The highest BCUT2D eigenvalue weighted by Crippen LogP contribution is 2.32. The monoisotopic (exact) mass is 302 g/mol. The second-order valence-corrected chi connectivity index (χ2v) is 6.55. The van der Waals surface area contributed by atoms with Gasteiger partial charge in [0.05, 0.1) is 0 Å². The first-order valence-electron chi connectivity index (χ1n) is 8.79. The standard InChI is InChI=1S/C19H30N2O/c1-2-3-6-15-9-11-16(12-10-15)19(22)21-14-18-8-5-4-7-17(18)13-20/h4-5,7-8,15-16H,2-3,6,9-14,20H2,1H3,(H,21,22). The number of benzene rings is 1. The number of rotatable bonds is 7. The van der Waals surface area contributed by atoms with Crippen molar-refractivity contribution in [2.75, 3.05) is 0 Å². The van der Waals surface area contributed by atoms with Crippen LogP contribution in [0, 0.1) is 11.8 Å². The van der Waals surface area contributed by atoms with Crippen LogP contribution in [0.15, 0.2) is 24.3 Å². The fourth-order valence-electron chi connectivity index (χ4n) is 3.46. The summed E-state index contributed by atoms with van der Waals surface area (Å²) in [5.74, 6) is 1.28. The summed E-state index contributed by atoms with van der Waals surface area (Å²) in [5.41, 5.74) is 7.99. The third-order valence-electron chi connectivity index (χ3n) is 4.97. The van der Waals surface area contributed by atoms with Gasteiger partial charge in [0.25, 0.3) is 0 Å². The van der Waals surface area contributed by atoms with Gasteiger partial charge >= 0.3 is 0 Å². The highest BCUT2D eigenvalue weighted by Gasteiger charge is 2.25. The zero-order chi connectivity index (χ0) is 15.8. The molecule has 1 aliphatic carbocycles. The van der Waals surface area contributed by atoms with Crippen LogP contribution in [0.5, 0.6) is 0 Å². The van der Waals surface area contributed by atoms with E-state index in [0.29, 0.717) is 13.1 Å². The van der Waals surface area contributed by atoms with E-state index in [-0.39, 0.29) is 11.8 Å². The van der Waals surface area contributed by atoms with E-state index in [1.807, 2.05) is 24.3 Å². The van der Waals surface area contributed by atoms with Gasteiger partial charge in [-0.25, -0.2) is 0 Å². The largest absolute Gasteiger partial charge is 0.352 e. The minimum Gasteiger partial charge on any atom is -0.352 e. The molecule has 0 radical (unpaired) electrons. The molecule has 2 rings (SSSR count). The molecule has 22 heavy (non-hydrogen) atoms. The van der Waals surface area contributed by atoms with Crippen LogP contribution in [-0.2, 0) is 17.9 Å². The topological polar surface area (TPSA) is 55.1 Å². The Balaban J connectivity index is 1.76. The lowest BCUT2D eigenvalue weighted by molar-refractivity contribution is -0.126. The molecule has 0 saturated heterocycles. The van der Waals surface area contributed by atoms with Crippen LogP contribution in [0.25, 0.3) is 0 Å². The van der Waals surface area contributed by atoms with Gasteiger partial charge in [0.15, 0.2) is 0 Å². The van der Waals surface area contributed by atoms with Crippen molar-refractivity contribution >= 4 is 5.91 Å². The summed E-state index contributed by atoms with van der Waals surface area (Å²) in [7, 11) is 0. The van der Waals surface area contributed by atoms with Gasteiger partial charge in [0.2, 0.25) is 5.91 Å². The molecule has 0 atom stereocenters. The van der Waals surface area contributed by atoms with Gasteiger partial charge in [-0.05, 0) is 42.7 Å². The first kappa shape index (κ1) is 17.0. The van der Waals surface area contributed by atoms with Gasteiger partial charge in [-0.15, -0.1) is 0 Å². The average Bonchev–Trinajstić information content (AvgIpc) is 2.58. The fraction of sp³-hybridized carbons (Fsp3) is 0.632. The van der Waals surface area contributed by atoms with E-state index in [2.05, 4.69) is 12.2 Å². The summed E-state index contributed by atoms with van der Waals surface area (Å²) in [4.78, 5) is 12.3. The van der Waals surface area contributed by atoms with Crippen molar-refractivity contribution < 1.29 is 4.79 Å². The molecule has 1 aromatic carbocycles. The first-order valence-corrected chi connectivity index (χ1v) is 8.79. The summed E-state index contributed by atoms with van der Waals surface area (Å²) in [6.07, 6.45) is 8.50. The van der Waals surface area contributed by atoms with E-state index in [1.165, 1.54) is 32.1 Å². The van der Waals surface area contributed by atoms with Crippen molar-refractivity contribution in [2.24, 2.45) is 17.6 Å². The molecular formula is C19H30N2O. The molecule has 0 aromatic heterocycles. The number of nitrogens with two attached hydrogens (primary N) is 1. The Morgan fingerprint density at radius 2 is 1.86 bits per heavy atom. The number of amides is 1. The Kier molecular flexibility index (Phi) is 6.91. The van der Waals surface area contributed by atoms with Crippen LogP contribution in [0.1, 0.15) is 63.0 Å². The first-order chi connectivity index (χ1) is 10.7. The molecule has 1 aliphatic rings. The maximum absolute atomic E-state index is 12.3. The Morgan fingerprint density at radius 1 is 1.18 bits per heavy atom. The SMILES string of the molecule is CCCCC1CCC(C(=O)NCc2ccccc2CN)CC1. The van der Waals surface area contributed by atoms with Gasteiger partial charge in [0.1, 0.15) is 0 Å². The Morgan fingerprint density at radius 3 is 2.50 bits per heavy atom. The molecule has 122 valence electrons. The van der Waals surface area contributed by atoms with E-state index >= 15 is 0 Å². The molecule has 1 aromatic rings. The van der Waals surface area contributed by atoms with E-state index in [1.54, 1.807) is 0 Å². The van der Waals surface area contributed by atoms with Crippen LogP contribution in [0.2, 0.25) is 0 Å². The minimum atomic E-state index is 0.211. The average molecular weight is 302 g/mol. The van der Waals surface area contributed by atoms with Gasteiger partial charge < -0.3 is 11.1 Å². The molecule has 3 N–H and O–H groups in total. The highest BCUT2D eigenvalue weighted by atomic mass is 16.1. The van der Waals surface area contributed by atoms with Gasteiger partial charge in [-0.2, -0.15) is 0 Å². The van der Waals surface area contributed by atoms with E-state index in [4.69, 9.17) is 5.73 Å². The molecule has 0 heterocycles. The van der Waals surface area contributed by atoms with E-state index in [0.717, 1.165) is 29.9 Å². The fourth-order valence-corrected chi connectivity index (χ4v) is 3.46. The number of carbonyl (C=O) groups excluding carboxylic acids is 1. The van der Waals surface area contributed by atoms with Crippen molar-refractivity contribution in [3.05, 3.63) is 35.4 Å². The summed E-state index contributed by atoms with van der Waals surface area (Å²) in [6.45, 7) is 3.37. The van der Waals surface area contributed by atoms with Crippen molar-refractivity contribution in [1.82, 2.24) is 5.32 Å². The molecule has 3 nitrogen and oxygen atoms in total. The van der Waals surface area contributed by atoms with Gasteiger partial charge in [-0.1, -0.05) is 50.5 Å². The van der Waals surface area contributed by atoms with Crippen LogP contribution in [0.4, 0.5) is 0 Å². The lowest BCUT2D eigenvalue weighted by Gasteiger charge is -2.27. The van der Waals surface area contributed by atoms with Gasteiger partial charge in [-0.3, -0.25) is 4.79 Å². The smallest absolute Gasteiger partial charge is 0.223 e. The molecule has 0 unspecified atom stereocenters. The zero-order valence-corrected chi connectivity index (χ0v) is 13.8. The normalized spacial score (nSPS) is 21.5. The molecule has 0 bridgehead atoms. The summed E-state index contributed by atoms with van der Waals surface area (Å²) < 4.78 is 0. The quantitative estimate of drug-likeness (QED) is 0.806. The second-order valence-electron chi connectivity index (χ2n) is 6.55. The van der Waals surface area contributed by atoms with Gasteiger partial charge in [0, 0.05) is 19.0 Å². The Labute approximate surface area is 134 Å². The third-order valence-corrected chi connectivity index (χ3v) is 4.97. The maximum Gasteiger partial charge on any atom is 0.223 e. The van der Waals surface area contributed by atoms with E-state index in [9.17, 15) is 4.79 Å². The molecule has 1 saturated carbocycles. The highest BCUT2D eigenvalue weighted by molar-refractivity contribution is 5.78. The van der Waals surface area contributed by atoms with Crippen LogP contribution < -0.4 is 11.1 Å². The Hall–Kier alpha value is -1.35. The van der Waals surface area contributed by atoms with Crippen molar-refractivity contribution in [2.45, 2.75) is 65.0 Å². The van der Waals surface area contributed by atoms with Crippen molar-refractivity contribution in [3.8, 4) is 0 Å². The number of carbonyl (C=O) groups is 1. The lowest BCUT2D eigenvalue weighted by atomic mass is 9.79. The second kappa shape index (κ2) is 8.94. The predicted octanol–water partition coefficient (Wildman–Crippen LogP) is 3.76. The summed E-state index contributed by atoms with van der Waals surface area (Å²) in [5, 5.41) is 3.11. The van der Waals surface area contributed by atoms with E-state index < -0.39 is 0 Å². The number of hydrogen-bond acceptors (Lipinski definition) is 2. The molecule has 1 fully saturated rings. The molecule has 0 spiro atoms. The third kappa shape index (κ3) is 4.84. The summed E-state index contributed by atoms with van der Waals surface area (Å²) >= 11 is 0. The van der Waals surface area contributed by atoms with Crippen LogP contribution >= 0.6 is 0 Å². The maximum atomic E-state index is 12.3. The Bertz CT molecular complexity index is 464. The predicted molar refractivity (Wildman–Crippen MR) is 91.2 cm³/mol. The van der Waals surface area contributed by atoms with Crippen molar-refractivity contribution in [1.29, 1.82) is 0 Å². The number of hydrogen-bond donors (Lipinski definition) is 2. The summed E-state index contributed by atoms with van der Waals surface area (Å²) in [6, 6.07) is 8.06. The van der Waals surface area contributed by atoms with Crippen LogP contribution in [0.3, 0.4) is 0 Å². The molecule has 3 heteroatoms. The van der Waals surface area contributed by atoms with Crippen molar-refractivity contribution in [3.63, 3.8) is 0 Å². The molecule has 1 amide bonds. The zero-order valence-electron chi connectivity index (χ0n) is 13.8. The molecular weight excluding hydrogens is 272 g/mol. The number of unbranched alkanes of at least 4 members (excludes halogenated alkanes) is 1. The van der Waals surface area contributed by atoms with Crippen LogP contribution in [-0.4, -0.2) is 5.91 Å².